The molecule has 1 unspecified atom stereocenters. The van der Waals surface area contributed by atoms with Gasteiger partial charge in [-0.2, -0.15) is 0 Å². The molecule has 0 radical (unpaired) electrons. The number of nitrogens with zero attached hydrogens (tertiary/aromatic N) is 5. The minimum Gasteiger partial charge on any atom is -0.377 e. The van der Waals surface area contributed by atoms with E-state index in [1.165, 1.54) is 6.26 Å². The Morgan fingerprint density at radius 2 is 2.00 bits per heavy atom. The highest BCUT2D eigenvalue weighted by Crippen LogP contribution is 2.37. The summed E-state index contributed by atoms with van der Waals surface area (Å²) in [4.78, 5) is 22.2. The van der Waals surface area contributed by atoms with Crippen molar-refractivity contribution in [2.75, 3.05) is 42.4 Å². The lowest BCUT2D eigenvalue weighted by molar-refractivity contribution is 0.0936. The molecule has 0 spiro atoms. The second-order valence-corrected chi connectivity index (χ2v) is 10.8. The van der Waals surface area contributed by atoms with Crippen molar-refractivity contribution >= 4 is 32.2 Å². The minimum absolute atomic E-state index is 0.181. The van der Waals surface area contributed by atoms with Crippen LogP contribution in [0.3, 0.4) is 0 Å². The van der Waals surface area contributed by atoms with Gasteiger partial charge in [-0.15, -0.1) is 0 Å². The number of fused-ring (bicyclic) bond motifs is 4. The lowest BCUT2D eigenvalue weighted by Crippen LogP contribution is -2.55. The van der Waals surface area contributed by atoms with Crippen LogP contribution in [-0.2, 0) is 21.1 Å². The number of aromatic nitrogens is 4. The molecule has 1 fully saturated rings. The van der Waals surface area contributed by atoms with E-state index < -0.39 is 9.84 Å². The molecule has 0 amide bonds. The number of ether oxygens (including phenoxy) is 1. The Morgan fingerprint density at radius 1 is 1.15 bits per heavy atom. The predicted molar refractivity (Wildman–Crippen MR) is 130 cm³/mol. The van der Waals surface area contributed by atoms with Gasteiger partial charge in [0.2, 0.25) is 0 Å². The number of benzene rings is 1. The quantitative estimate of drug-likeness (QED) is 0.479. The first-order chi connectivity index (χ1) is 16.5. The van der Waals surface area contributed by atoms with Crippen molar-refractivity contribution in [3.8, 4) is 11.4 Å². The highest BCUT2D eigenvalue weighted by atomic mass is 32.2. The zero-order valence-electron chi connectivity index (χ0n) is 18.7. The molecular weight excluding hydrogens is 452 g/mol. The molecule has 3 aromatic heterocycles. The third-order valence-electron chi connectivity index (χ3n) is 6.46. The monoisotopic (exact) mass is 476 g/mol. The van der Waals surface area contributed by atoms with Gasteiger partial charge in [-0.1, -0.05) is 12.1 Å². The third-order valence-corrected chi connectivity index (χ3v) is 7.59. The van der Waals surface area contributed by atoms with Crippen LogP contribution in [0.4, 0.5) is 11.5 Å². The van der Waals surface area contributed by atoms with Crippen molar-refractivity contribution < 1.29 is 13.2 Å². The Kier molecular flexibility index (Phi) is 5.00. The summed E-state index contributed by atoms with van der Waals surface area (Å²) in [6.07, 6.45) is 8.60. The van der Waals surface area contributed by atoms with E-state index in [4.69, 9.17) is 14.7 Å². The second kappa shape index (κ2) is 8.07. The maximum absolute atomic E-state index is 11.8. The van der Waals surface area contributed by atoms with Gasteiger partial charge >= 0.3 is 0 Å². The molecule has 1 saturated heterocycles. The number of nitrogens with one attached hydrogen (secondary N) is 1. The number of anilines is 2. The van der Waals surface area contributed by atoms with E-state index in [0.29, 0.717) is 30.5 Å². The Bertz CT molecular complexity index is 1470. The van der Waals surface area contributed by atoms with Crippen molar-refractivity contribution in [2.45, 2.75) is 17.5 Å². The molecule has 0 saturated carbocycles. The normalized spacial score (nSPS) is 18.1. The maximum atomic E-state index is 11.8. The Labute approximate surface area is 197 Å². The molecule has 9 nitrogen and oxygen atoms in total. The molecule has 174 valence electrons. The summed E-state index contributed by atoms with van der Waals surface area (Å²) in [6, 6.07) is 9.26. The molecule has 1 atom stereocenters. The summed E-state index contributed by atoms with van der Waals surface area (Å²) < 4.78 is 29.4. The molecule has 4 aromatic rings. The van der Waals surface area contributed by atoms with Crippen LogP contribution in [-0.4, -0.2) is 67.0 Å². The van der Waals surface area contributed by atoms with Crippen LogP contribution in [0.25, 0.3) is 22.3 Å². The number of sulfone groups is 1. The predicted octanol–water partition coefficient (Wildman–Crippen LogP) is 2.65. The van der Waals surface area contributed by atoms with Gasteiger partial charge in [0, 0.05) is 49.2 Å². The molecule has 6 rings (SSSR count). The smallest absolute Gasteiger partial charge is 0.175 e. The Hall–Kier alpha value is -3.50. The van der Waals surface area contributed by atoms with Gasteiger partial charge in [0.25, 0.3) is 0 Å². The number of aromatic amines is 1. The number of hydrogen-bond donors (Lipinski definition) is 1. The second-order valence-electron chi connectivity index (χ2n) is 8.75. The average Bonchev–Trinajstić information content (AvgIpc) is 3.33. The van der Waals surface area contributed by atoms with Crippen molar-refractivity contribution in [2.24, 2.45) is 0 Å². The van der Waals surface area contributed by atoms with E-state index in [1.54, 1.807) is 24.5 Å². The lowest BCUT2D eigenvalue weighted by atomic mass is 10.1. The van der Waals surface area contributed by atoms with Crippen molar-refractivity contribution in [1.82, 2.24) is 19.9 Å². The van der Waals surface area contributed by atoms with Crippen LogP contribution in [0.15, 0.2) is 60.0 Å². The lowest BCUT2D eigenvalue weighted by Gasteiger charge is -2.45. The molecule has 2 aliphatic heterocycles. The summed E-state index contributed by atoms with van der Waals surface area (Å²) in [6.45, 7) is 3.48. The topological polar surface area (TPSA) is 104 Å². The molecular formula is C24H24N6O3S. The minimum atomic E-state index is -3.22. The molecule has 1 aromatic carbocycles. The van der Waals surface area contributed by atoms with Crippen LogP contribution in [0.5, 0.6) is 0 Å². The van der Waals surface area contributed by atoms with Crippen LogP contribution in [0.2, 0.25) is 0 Å². The Morgan fingerprint density at radius 3 is 2.82 bits per heavy atom. The summed E-state index contributed by atoms with van der Waals surface area (Å²) in [5.74, 6) is 1.53. The van der Waals surface area contributed by atoms with Crippen LogP contribution >= 0.6 is 0 Å². The van der Waals surface area contributed by atoms with E-state index in [2.05, 4.69) is 19.8 Å². The molecule has 5 heterocycles. The first-order valence-corrected chi connectivity index (χ1v) is 13.0. The highest BCUT2D eigenvalue weighted by Gasteiger charge is 2.35. The fourth-order valence-corrected chi connectivity index (χ4v) is 5.37. The van der Waals surface area contributed by atoms with E-state index >= 15 is 0 Å². The van der Waals surface area contributed by atoms with Crippen molar-refractivity contribution in [1.29, 1.82) is 0 Å². The van der Waals surface area contributed by atoms with Crippen molar-refractivity contribution in [3.05, 3.63) is 60.7 Å². The van der Waals surface area contributed by atoms with Gasteiger partial charge in [0.15, 0.2) is 21.5 Å². The Balaban J connectivity index is 1.39. The fourth-order valence-electron chi connectivity index (χ4n) is 4.74. The number of hydrogen-bond acceptors (Lipinski definition) is 8. The molecule has 2 aliphatic rings. The van der Waals surface area contributed by atoms with E-state index in [9.17, 15) is 8.42 Å². The van der Waals surface area contributed by atoms with Gasteiger partial charge in [0.05, 0.1) is 47.7 Å². The van der Waals surface area contributed by atoms with E-state index in [0.717, 1.165) is 46.6 Å². The summed E-state index contributed by atoms with van der Waals surface area (Å²) in [5.41, 5.74) is 3.82. The molecule has 0 bridgehead atoms. The summed E-state index contributed by atoms with van der Waals surface area (Å²) in [5, 5.41) is 1.03. The molecule has 0 aliphatic carbocycles. The fraction of sp³-hybridized carbons (Fsp3) is 0.292. The van der Waals surface area contributed by atoms with Gasteiger partial charge in [-0.3, -0.25) is 4.98 Å². The van der Waals surface area contributed by atoms with Gasteiger partial charge in [-0.05, 0) is 23.8 Å². The number of rotatable bonds is 4. The van der Waals surface area contributed by atoms with Crippen LogP contribution in [0, 0.1) is 0 Å². The first kappa shape index (κ1) is 21.1. The highest BCUT2D eigenvalue weighted by molar-refractivity contribution is 7.90. The van der Waals surface area contributed by atoms with Crippen LogP contribution in [0.1, 0.15) is 5.56 Å². The standard InChI is InChI=1S/C24H24N6O3S/c1-34(31,32)18-4-2-16(3-5-18)13-29-14-17-15-33-9-8-30(17)24-22(29)12-27-23(28-24)20-10-25-11-21-19(20)6-7-26-21/h2-7,10-12,17,26H,8-9,13-15H2,1H3. The summed E-state index contributed by atoms with van der Waals surface area (Å²) in [7, 11) is -3.22. The number of pyridine rings is 1. The molecule has 34 heavy (non-hydrogen) atoms. The van der Waals surface area contributed by atoms with Gasteiger partial charge in [0.1, 0.15) is 0 Å². The largest absolute Gasteiger partial charge is 0.377 e. The molecule has 1 N–H and O–H groups in total. The van der Waals surface area contributed by atoms with Crippen molar-refractivity contribution in [3.63, 3.8) is 0 Å². The van der Waals surface area contributed by atoms with Gasteiger partial charge in [-0.25, -0.2) is 18.4 Å². The maximum Gasteiger partial charge on any atom is 0.175 e. The molecule has 10 heteroatoms. The number of H-pyrrole nitrogens is 1. The van der Waals surface area contributed by atoms with E-state index in [1.807, 2.05) is 30.6 Å². The SMILES string of the molecule is CS(=O)(=O)c1ccc(CN2CC3COCCN3c3nc(-c4cncc5[nH]ccc45)ncc32)cc1. The number of morpholine rings is 1. The third kappa shape index (κ3) is 3.68. The summed E-state index contributed by atoms with van der Waals surface area (Å²) >= 11 is 0. The first-order valence-electron chi connectivity index (χ1n) is 11.1. The zero-order chi connectivity index (χ0) is 23.3. The average molecular weight is 477 g/mol. The zero-order valence-corrected chi connectivity index (χ0v) is 19.5. The van der Waals surface area contributed by atoms with Gasteiger partial charge < -0.3 is 19.5 Å². The van der Waals surface area contributed by atoms with E-state index in [-0.39, 0.29) is 6.04 Å². The van der Waals surface area contributed by atoms with Crippen LogP contribution < -0.4 is 9.80 Å².